The zero-order valence-electron chi connectivity index (χ0n) is 13.4. The van der Waals surface area contributed by atoms with Crippen LogP contribution in [0, 0.1) is 0 Å². The van der Waals surface area contributed by atoms with Crippen LogP contribution in [0.5, 0.6) is 0 Å². The van der Waals surface area contributed by atoms with E-state index in [2.05, 4.69) is 15.9 Å². The summed E-state index contributed by atoms with van der Waals surface area (Å²) in [5, 5.41) is -3.64. The Kier molecular flexibility index (Phi) is 1.30. The van der Waals surface area contributed by atoms with Gasteiger partial charge in [-0.3, -0.25) is 0 Å². The van der Waals surface area contributed by atoms with Crippen LogP contribution in [0.3, 0.4) is 0 Å². The Morgan fingerprint density at radius 2 is 2.08 bits per heavy atom. The van der Waals surface area contributed by atoms with Crippen LogP contribution in [0.1, 0.15) is 23.3 Å². The average Bonchev–Trinajstić information content (AvgIpc) is 2.24. The van der Waals surface area contributed by atoms with Gasteiger partial charge in [0.2, 0.25) is 0 Å². The van der Waals surface area contributed by atoms with Gasteiger partial charge in [-0.05, 0) is 41.8 Å². The van der Waals surface area contributed by atoms with E-state index in [1.165, 1.54) is 18.2 Å². The minimum atomic E-state index is -4.95. The van der Waals surface area contributed by atoms with Gasteiger partial charge in [-0.25, -0.2) is 8.42 Å². The lowest BCUT2D eigenvalue weighted by molar-refractivity contribution is 0.587. The van der Waals surface area contributed by atoms with Crippen molar-refractivity contribution >= 4 is 25.8 Å². The molecule has 0 saturated heterocycles. The molecule has 0 aliphatic carbocycles. The molecule has 72 valence electrons. The first-order valence-corrected chi connectivity index (χ1v) is 5.53. The molecular weight excluding hydrogens is 252 g/mol. The fourth-order valence-electron chi connectivity index (χ4n) is 0.773. The van der Waals surface area contributed by atoms with Gasteiger partial charge in [-0.2, -0.15) is 0 Å². The zero-order valence-corrected chi connectivity index (χ0v) is 8.81. The fraction of sp³-hybridized carbons (Fsp3) is 0.333. The summed E-state index contributed by atoms with van der Waals surface area (Å²) in [4.78, 5) is -0.540. The minimum Gasteiger partial charge on any atom is -0.223 e. The molecule has 0 spiro atoms. The Morgan fingerprint density at radius 1 is 1.46 bits per heavy atom. The van der Waals surface area contributed by atoms with Crippen LogP contribution in [0.2, 0.25) is 0 Å². The first-order valence-electron chi connectivity index (χ1n) is 6.76. The molecule has 0 bridgehead atoms. The maximum Gasteiger partial charge on any atom is 0.181 e. The third-order valence-electron chi connectivity index (χ3n) is 1.39. The van der Waals surface area contributed by atoms with Crippen molar-refractivity contribution in [1.29, 1.82) is 0 Å². The lowest BCUT2D eigenvalue weighted by Gasteiger charge is -2.08. The lowest BCUT2D eigenvalue weighted by atomic mass is 10.4. The molecule has 0 aromatic heterocycles. The average molecular weight is 270 g/mol. The van der Waals surface area contributed by atoms with Gasteiger partial charge in [0, 0.05) is 14.1 Å². The molecule has 0 fully saturated rings. The lowest BCUT2D eigenvalue weighted by Crippen LogP contribution is -2.14. The Morgan fingerprint density at radius 3 is 2.62 bits per heavy atom. The van der Waals surface area contributed by atoms with Crippen molar-refractivity contribution in [2.75, 3.05) is 0 Å². The summed E-state index contributed by atoms with van der Waals surface area (Å²) in [7, 11) is -4.95. The van der Waals surface area contributed by atoms with E-state index in [9.17, 15) is 8.42 Å². The van der Waals surface area contributed by atoms with Crippen molar-refractivity contribution in [3.8, 4) is 0 Å². The molecular formula is C9H11BrO2S. The van der Waals surface area contributed by atoms with E-state index in [-0.39, 0.29) is 4.47 Å². The topological polar surface area (TPSA) is 34.1 Å². The molecule has 0 amide bonds. The highest BCUT2D eigenvalue weighted by Crippen LogP contribution is 2.24. The van der Waals surface area contributed by atoms with E-state index in [0.717, 1.165) is 6.07 Å². The Labute approximate surface area is 96.9 Å². The van der Waals surface area contributed by atoms with Crippen molar-refractivity contribution in [3.63, 3.8) is 0 Å². The number of hydrogen-bond acceptors (Lipinski definition) is 2. The second kappa shape index (κ2) is 3.80. The number of benzene rings is 1. The third-order valence-corrected chi connectivity index (χ3v) is 3.82. The highest BCUT2D eigenvalue weighted by molar-refractivity contribution is 9.10. The SMILES string of the molecule is [2H]C([2H])([2H])C([2H])(C([2H])([2H])[2H])S(=O)(=O)c1ccccc1Br. The molecule has 2 nitrogen and oxygen atoms in total. The van der Waals surface area contributed by atoms with E-state index >= 15 is 0 Å². The maximum absolute atomic E-state index is 12.4. The molecule has 0 heterocycles. The van der Waals surface area contributed by atoms with E-state index < -0.39 is 33.7 Å². The molecule has 0 unspecified atom stereocenters. The standard InChI is InChI=1S/C9H11BrO2S/c1-7(2)13(11,12)9-6-4-3-5-8(9)10/h3-7H,1-2H3/i1D3,2D3,7D. The van der Waals surface area contributed by atoms with Crippen LogP contribution >= 0.6 is 15.9 Å². The third kappa shape index (κ3) is 2.11. The first kappa shape index (κ1) is 4.45. The normalized spacial score (nSPS) is 22.7. The van der Waals surface area contributed by atoms with Crippen molar-refractivity contribution in [2.24, 2.45) is 0 Å². The van der Waals surface area contributed by atoms with Crippen molar-refractivity contribution in [1.82, 2.24) is 0 Å². The molecule has 13 heavy (non-hydrogen) atoms. The minimum absolute atomic E-state index is 0.00475. The molecule has 0 aliphatic heterocycles. The predicted molar refractivity (Wildman–Crippen MR) is 56.5 cm³/mol. The van der Waals surface area contributed by atoms with Crippen LogP contribution in [-0.4, -0.2) is 13.6 Å². The molecule has 1 aromatic rings. The highest BCUT2D eigenvalue weighted by Gasteiger charge is 2.20. The van der Waals surface area contributed by atoms with Gasteiger partial charge in [0.25, 0.3) is 0 Å². The van der Waals surface area contributed by atoms with Gasteiger partial charge in [-0.15, -0.1) is 0 Å². The van der Waals surface area contributed by atoms with E-state index in [1.807, 2.05) is 0 Å². The molecule has 0 aliphatic rings. The Hall–Kier alpha value is -0.350. The Balaban J connectivity index is 3.72. The van der Waals surface area contributed by atoms with E-state index in [1.54, 1.807) is 0 Å². The fourth-order valence-corrected chi connectivity index (χ4v) is 2.50. The van der Waals surface area contributed by atoms with Gasteiger partial charge in [0.1, 0.15) is 0 Å². The van der Waals surface area contributed by atoms with Crippen LogP contribution in [0.4, 0.5) is 0 Å². The van der Waals surface area contributed by atoms with Crippen LogP contribution in [0.25, 0.3) is 0 Å². The second-order valence-electron chi connectivity index (χ2n) is 2.26. The molecule has 0 saturated carbocycles. The summed E-state index contributed by atoms with van der Waals surface area (Å²) in [6.45, 7) is -7.07. The molecule has 0 radical (unpaired) electrons. The second-order valence-corrected chi connectivity index (χ2v) is 4.97. The van der Waals surface area contributed by atoms with Gasteiger partial charge >= 0.3 is 0 Å². The number of hydrogen-bond donors (Lipinski definition) is 0. The van der Waals surface area contributed by atoms with Crippen LogP contribution in [-0.2, 0) is 9.84 Å². The van der Waals surface area contributed by atoms with E-state index in [0.29, 0.717) is 0 Å². The summed E-state index contributed by atoms with van der Waals surface area (Å²) < 4.78 is 75.8. The molecule has 1 aromatic carbocycles. The molecule has 0 N–H and O–H groups in total. The van der Waals surface area contributed by atoms with Crippen molar-refractivity contribution in [2.45, 2.75) is 23.8 Å². The van der Waals surface area contributed by atoms with E-state index in [4.69, 9.17) is 9.60 Å². The van der Waals surface area contributed by atoms with Crippen molar-refractivity contribution < 1.29 is 18.0 Å². The zero-order chi connectivity index (χ0) is 16.0. The number of rotatable bonds is 2. The van der Waals surface area contributed by atoms with Gasteiger partial charge in [-0.1, -0.05) is 12.1 Å². The summed E-state index contributed by atoms with van der Waals surface area (Å²) in [5.41, 5.74) is 0. The summed E-state index contributed by atoms with van der Waals surface area (Å²) in [6.07, 6.45) is 0. The first-order chi connectivity index (χ1) is 8.77. The largest absolute Gasteiger partial charge is 0.223 e. The van der Waals surface area contributed by atoms with Gasteiger partial charge < -0.3 is 0 Å². The number of sulfone groups is 1. The monoisotopic (exact) mass is 269 g/mol. The number of halogens is 1. The smallest absolute Gasteiger partial charge is 0.181 e. The molecule has 0 atom stereocenters. The Bertz CT molecular complexity index is 591. The summed E-state index contributed by atoms with van der Waals surface area (Å²) >= 11 is 2.93. The summed E-state index contributed by atoms with van der Waals surface area (Å²) in [6, 6.07) is 5.18. The van der Waals surface area contributed by atoms with Gasteiger partial charge in [0.15, 0.2) is 9.84 Å². The van der Waals surface area contributed by atoms with Gasteiger partial charge in [0.05, 0.1) is 10.1 Å². The van der Waals surface area contributed by atoms with Crippen molar-refractivity contribution in [3.05, 3.63) is 28.7 Å². The highest BCUT2D eigenvalue weighted by atomic mass is 79.9. The van der Waals surface area contributed by atoms with Crippen LogP contribution in [0.15, 0.2) is 33.6 Å². The van der Waals surface area contributed by atoms with Crippen LogP contribution < -0.4 is 0 Å². The quantitative estimate of drug-likeness (QED) is 0.827. The summed E-state index contributed by atoms with van der Waals surface area (Å²) in [5.74, 6) is 0. The molecule has 4 heteroatoms. The predicted octanol–water partition coefficient (Wildman–Crippen LogP) is 2.63. The molecule has 1 rings (SSSR count). The maximum atomic E-state index is 12.4.